The molecule has 0 unspecified atom stereocenters. The fourth-order valence-corrected chi connectivity index (χ4v) is 3.09. The van der Waals surface area contributed by atoms with E-state index in [0.717, 1.165) is 5.56 Å². The summed E-state index contributed by atoms with van der Waals surface area (Å²) in [5.41, 5.74) is 2.54. The van der Waals surface area contributed by atoms with Crippen molar-refractivity contribution in [3.63, 3.8) is 0 Å². The zero-order valence-corrected chi connectivity index (χ0v) is 15.0. The Morgan fingerprint density at radius 1 is 1.12 bits per heavy atom. The molecule has 1 aliphatic heterocycles. The van der Waals surface area contributed by atoms with Crippen LogP contribution in [0.3, 0.4) is 0 Å². The van der Waals surface area contributed by atoms with Gasteiger partial charge in [0, 0.05) is 36.5 Å². The van der Waals surface area contributed by atoms with Crippen molar-refractivity contribution in [2.24, 2.45) is 0 Å². The Labute approximate surface area is 152 Å². The zero-order valence-electron chi connectivity index (χ0n) is 14.2. The van der Waals surface area contributed by atoms with Gasteiger partial charge in [-0.15, -0.1) is 0 Å². The molecule has 0 spiro atoms. The average Bonchev–Trinajstić information content (AvgIpc) is 2.66. The van der Waals surface area contributed by atoms with Crippen LogP contribution in [-0.4, -0.2) is 30.7 Å². The van der Waals surface area contributed by atoms with Gasteiger partial charge in [0.2, 0.25) is 5.91 Å². The van der Waals surface area contributed by atoms with Crippen LogP contribution in [0.25, 0.3) is 0 Å². The first-order chi connectivity index (χ1) is 12.0. The summed E-state index contributed by atoms with van der Waals surface area (Å²) in [5, 5.41) is 0.498. The highest BCUT2D eigenvalue weighted by Gasteiger charge is 2.30. The lowest BCUT2D eigenvalue weighted by atomic mass is 10.0. The molecule has 0 saturated carbocycles. The largest absolute Gasteiger partial charge is 0.383 e. The number of Topliss-reactive ketones (excluding diaryl/α,β-unsaturated/α-hetero) is 1. The molecule has 0 aliphatic carbocycles. The molecule has 0 N–H and O–H groups in total. The fraction of sp³-hybridized carbons (Fsp3) is 0.200. The van der Waals surface area contributed by atoms with E-state index in [-0.39, 0.29) is 18.1 Å². The Hall–Kier alpha value is -2.59. The van der Waals surface area contributed by atoms with Gasteiger partial charge in [0.25, 0.3) is 0 Å². The molecule has 0 bridgehead atoms. The first-order valence-electron chi connectivity index (χ1n) is 8.01. The van der Waals surface area contributed by atoms with E-state index in [1.165, 1.54) is 0 Å². The average molecular weight is 355 g/mol. The summed E-state index contributed by atoms with van der Waals surface area (Å²) in [5.74, 6) is -0.254. The lowest BCUT2D eigenvalue weighted by Crippen LogP contribution is -2.29. The number of fused-ring (bicyclic) bond motifs is 1. The standard InChI is InChI=1S/C20H19ClN2O2/c1-22(2)13-15-10-19(24)23(12-14-6-4-3-5-7-14)18-11-16(21)8-9-17(18)20(15)25/h3-9,11,13H,10,12H2,1-2H3. The molecule has 0 aromatic heterocycles. The lowest BCUT2D eigenvalue weighted by molar-refractivity contribution is -0.118. The van der Waals surface area contributed by atoms with Crippen molar-refractivity contribution in [1.29, 1.82) is 0 Å². The van der Waals surface area contributed by atoms with E-state index in [9.17, 15) is 9.59 Å². The van der Waals surface area contributed by atoms with E-state index >= 15 is 0 Å². The Morgan fingerprint density at radius 2 is 1.84 bits per heavy atom. The summed E-state index contributed by atoms with van der Waals surface area (Å²) < 4.78 is 0. The Morgan fingerprint density at radius 3 is 2.52 bits per heavy atom. The van der Waals surface area contributed by atoms with E-state index in [2.05, 4.69) is 0 Å². The molecular weight excluding hydrogens is 336 g/mol. The molecule has 128 valence electrons. The minimum Gasteiger partial charge on any atom is -0.383 e. The van der Waals surface area contributed by atoms with Crippen LogP contribution in [0.5, 0.6) is 0 Å². The number of benzene rings is 2. The van der Waals surface area contributed by atoms with Crippen molar-refractivity contribution in [2.45, 2.75) is 13.0 Å². The minimum atomic E-state index is -0.135. The number of nitrogens with zero attached hydrogens (tertiary/aromatic N) is 2. The van der Waals surface area contributed by atoms with Gasteiger partial charge >= 0.3 is 0 Å². The van der Waals surface area contributed by atoms with Gasteiger partial charge in [-0.25, -0.2) is 0 Å². The SMILES string of the molecule is CN(C)C=C1CC(=O)N(Cc2ccccc2)c2cc(Cl)ccc2C1=O. The second-order valence-corrected chi connectivity index (χ2v) is 6.69. The van der Waals surface area contributed by atoms with Gasteiger partial charge in [-0.3, -0.25) is 9.59 Å². The number of carbonyl (C=O) groups excluding carboxylic acids is 2. The third-order valence-corrected chi connectivity index (χ3v) is 4.26. The van der Waals surface area contributed by atoms with Gasteiger partial charge in [0.1, 0.15) is 0 Å². The molecule has 0 saturated heterocycles. The highest BCUT2D eigenvalue weighted by atomic mass is 35.5. The van der Waals surface area contributed by atoms with E-state index in [0.29, 0.717) is 28.4 Å². The number of amides is 1. The number of anilines is 1. The smallest absolute Gasteiger partial charge is 0.231 e. The molecule has 5 heteroatoms. The molecular formula is C20H19ClN2O2. The van der Waals surface area contributed by atoms with Crippen LogP contribution in [0, 0.1) is 0 Å². The summed E-state index contributed by atoms with van der Waals surface area (Å²) >= 11 is 6.14. The summed E-state index contributed by atoms with van der Waals surface area (Å²) in [6.07, 6.45) is 1.78. The summed E-state index contributed by atoms with van der Waals surface area (Å²) in [6.45, 7) is 0.398. The van der Waals surface area contributed by atoms with Crippen LogP contribution in [0.1, 0.15) is 22.3 Å². The summed E-state index contributed by atoms with van der Waals surface area (Å²) in [7, 11) is 3.67. The molecule has 3 rings (SSSR count). The van der Waals surface area contributed by atoms with E-state index in [1.54, 1.807) is 34.2 Å². The molecule has 0 fully saturated rings. The first kappa shape index (κ1) is 17.2. The highest BCUT2D eigenvalue weighted by molar-refractivity contribution is 6.31. The molecule has 1 amide bonds. The second kappa shape index (κ2) is 7.11. The summed E-state index contributed by atoms with van der Waals surface area (Å²) in [4.78, 5) is 29.2. The van der Waals surface area contributed by atoms with Crippen LogP contribution < -0.4 is 4.90 Å². The molecule has 2 aromatic carbocycles. The minimum absolute atomic E-state index is 0.0656. The van der Waals surface area contributed by atoms with Gasteiger partial charge < -0.3 is 9.80 Å². The Kier molecular flexibility index (Phi) is 4.91. The summed E-state index contributed by atoms with van der Waals surface area (Å²) in [6, 6.07) is 14.8. The maximum Gasteiger partial charge on any atom is 0.231 e. The normalized spacial score (nSPS) is 16.0. The maximum absolute atomic E-state index is 12.9. The Bertz CT molecular complexity index is 844. The fourth-order valence-electron chi connectivity index (χ4n) is 2.92. The molecule has 4 nitrogen and oxygen atoms in total. The van der Waals surface area contributed by atoms with Crippen LogP contribution >= 0.6 is 11.6 Å². The maximum atomic E-state index is 12.9. The number of ketones is 1. The number of carbonyl (C=O) groups is 2. The van der Waals surface area contributed by atoms with E-state index in [1.807, 2.05) is 44.4 Å². The van der Waals surface area contributed by atoms with Gasteiger partial charge in [-0.1, -0.05) is 41.9 Å². The lowest BCUT2D eigenvalue weighted by Gasteiger charge is -2.23. The number of hydrogen-bond donors (Lipinski definition) is 0. The highest BCUT2D eigenvalue weighted by Crippen LogP contribution is 2.33. The van der Waals surface area contributed by atoms with Crippen molar-refractivity contribution in [3.8, 4) is 0 Å². The van der Waals surface area contributed by atoms with Crippen LogP contribution in [0.15, 0.2) is 60.3 Å². The second-order valence-electron chi connectivity index (χ2n) is 6.25. The predicted molar refractivity (Wildman–Crippen MR) is 99.8 cm³/mol. The Balaban J connectivity index is 2.10. The third kappa shape index (κ3) is 3.74. The molecule has 1 heterocycles. The molecule has 0 radical (unpaired) electrons. The number of hydrogen-bond acceptors (Lipinski definition) is 3. The van der Waals surface area contributed by atoms with Crippen molar-refractivity contribution in [1.82, 2.24) is 4.90 Å². The molecule has 1 aliphatic rings. The van der Waals surface area contributed by atoms with Gasteiger partial charge in [-0.05, 0) is 23.8 Å². The first-order valence-corrected chi connectivity index (χ1v) is 8.39. The van der Waals surface area contributed by atoms with Gasteiger partial charge in [-0.2, -0.15) is 0 Å². The number of halogens is 1. The monoisotopic (exact) mass is 354 g/mol. The van der Waals surface area contributed by atoms with E-state index < -0.39 is 0 Å². The topological polar surface area (TPSA) is 40.6 Å². The molecule has 0 atom stereocenters. The zero-order chi connectivity index (χ0) is 18.0. The van der Waals surface area contributed by atoms with Crippen LogP contribution in [-0.2, 0) is 11.3 Å². The third-order valence-electron chi connectivity index (χ3n) is 4.03. The predicted octanol–water partition coefficient (Wildman–Crippen LogP) is 3.91. The van der Waals surface area contributed by atoms with E-state index in [4.69, 9.17) is 11.6 Å². The van der Waals surface area contributed by atoms with Gasteiger partial charge in [0.15, 0.2) is 5.78 Å². The molecule has 25 heavy (non-hydrogen) atoms. The van der Waals surface area contributed by atoms with Crippen LogP contribution in [0.4, 0.5) is 5.69 Å². The van der Waals surface area contributed by atoms with Crippen molar-refractivity contribution in [3.05, 3.63) is 76.5 Å². The molecule has 2 aromatic rings. The quantitative estimate of drug-likeness (QED) is 0.785. The van der Waals surface area contributed by atoms with Gasteiger partial charge in [0.05, 0.1) is 18.7 Å². The van der Waals surface area contributed by atoms with Crippen molar-refractivity contribution < 1.29 is 9.59 Å². The van der Waals surface area contributed by atoms with Crippen molar-refractivity contribution in [2.75, 3.05) is 19.0 Å². The number of rotatable bonds is 3. The van der Waals surface area contributed by atoms with Crippen LogP contribution in [0.2, 0.25) is 5.02 Å². The van der Waals surface area contributed by atoms with Crippen molar-refractivity contribution >= 4 is 29.0 Å².